The first kappa shape index (κ1) is 5.69. The third-order valence-electron chi connectivity index (χ3n) is 2.42. The summed E-state index contributed by atoms with van der Waals surface area (Å²) in [6.45, 7) is 3.42. The van der Waals surface area contributed by atoms with Gasteiger partial charge in [-0.25, -0.2) is 5.32 Å². The molecule has 1 radical (unpaired) electrons. The molecule has 0 aromatic carbocycles. The lowest BCUT2D eigenvalue weighted by atomic mass is 9.94. The summed E-state index contributed by atoms with van der Waals surface area (Å²) in [5.41, 5.74) is 0. The van der Waals surface area contributed by atoms with Crippen molar-refractivity contribution in [2.75, 3.05) is 19.6 Å². The minimum Gasteiger partial charge on any atom is -0.312 e. The minimum atomic E-state index is 0.749. The molecule has 2 fully saturated rings. The van der Waals surface area contributed by atoms with Gasteiger partial charge in [-0.1, -0.05) is 0 Å². The molecule has 0 aromatic rings. The van der Waals surface area contributed by atoms with Crippen molar-refractivity contribution in [1.82, 2.24) is 10.6 Å². The van der Waals surface area contributed by atoms with Crippen molar-refractivity contribution in [2.45, 2.75) is 18.9 Å². The fourth-order valence-corrected chi connectivity index (χ4v) is 1.83. The van der Waals surface area contributed by atoms with Gasteiger partial charge in [0.15, 0.2) is 0 Å². The number of nitrogens with one attached hydrogen (secondary N) is 1. The van der Waals surface area contributed by atoms with Crippen LogP contribution in [0.25, 0.3) is 0 Å². The molecule has 2 aliphatic heterocycles. The molecule has 0 spiro atoms. The predicted molar refractivity (Wildman–Crippen MR) is 36.4 cm³/mol. The Bertz CT molecular complexity index is 91.1. The third-order valence-corrected chi connectivity index (χ3v) is 2.42. The maximum absolute atomic E-state index is 4.37. The van der Waals surface area contributed by atoms with E-state index in [4.69, 9.17) is 0 Å². The average molecular weight is 125 g/mol. The van der Waals surface area contributed by atoms with Crippen LogP contribution in [-0.2, 0) is 0 Å². The highest BCUT2D eigenvalue weighted by molar-refractivity contribution is 4.88. The fourth-order valence-electron chi connectivity index (χ4n) is 1.83. The van der Waals surface area contributed by atoms with E-state index in [-0.39, 0.29) is 0 Å². The van der Waals surface area contributed by atoms with Crippen LogP contribution in [0.2, 0.25) is 0 Å². The van der Waals surface area contributed by atoms with Gasteiger partial charge in [-0.3, -0.25) is 0 Å². The molecule has 0 aromatic heterocycles. The first-order chi connectivity index (χ1) is 4.47. The lowest BCUT2D eigenvalue weighted by Crippen LogP contribution is -2.40. The Labute approximate surface area is 56.0 Å². The Balaban J connectivity index is 1.97. The van der Waals surface area contributed by atoms with E-state index >= 15 is 0 Å². The van der Waals surface area contributed by atoms with E-state index in [1.807, 2.05) is 0 Å². The Morgan fingerprint density at radius 2 is 2.33 bits per heavy atom. The van der Waals surface area contributed by atoms with Gasteiger partial charge < -0.3 is 5.32 Å². The molecule has 0 unspecified atom stereocenters. The molecule has 0 aliphatic carbocycles. The average Bonchev–Trinajstić information content (AvgIpc) is 2.33. The molecule has 2 saturated heterocycles. The van der Waals surface area contributed by atoms with Crippen LogP contribution in [0, 0.1) is 5.92 Å². The Kier molecular flexibility index (Phi) is 1.44. The van der Waals surface area contributed by atoms with E-state index in [1.165, 1.54) is 19.4 Å². The van der Waals surface area contributed by atoms with E-state index < -0.39 is 0 Å². The molecule has 0 amide bonds. The smallest absolute Gasteiger partial charge is 0.0290 e. The van der Waals surface area contributed by atoms with Gasteiger partial charge in [-0.05, 0) is 25.3 Å². The van der Waals surface area contributed by atoms with Gasteiger partial charge >= 0.3 is 0 Å². The van der Waals surface area contributed by atoms with Gasteiger partial charge in [0.25, 0.3) is 0 Å². The van der Waals surface area contributed by atoms with Gasteiger partial charge in [0, 0.05) is 19.1 Å². The van der Waals surface area contributed by atoms with Crippen LogP contribution in [0.15, 0.2) is 0 Å². The molecule has 2 nitrogen and oxygen atoms in total. The van der Waals surface area contributed by atoms with Gasteiger partial charge in [0.1, 0.15) is 0 Å². The van der Waals surface area contributed by atoms with Crippen LogP contribution >= 0.6 is 0 Å². The largest absolute Gasteiger partial charge is 0.312 e. The van der Waals surface area contributed by atoms with E-state index in [0.29, 0.717) is 0 Å². The van der Waals surface area contributed by atoms with Gasteiger partial charge in [0.2, 0.25) is 0 Å². The van der Waals surface area contributed by atoms with Crippen LogP contribution in [-0.4, -0.2) is 25.7 Å². The summed E-state index contributed by atoms with van der Waals surface area (Å²) in [6.07, 6.45) is 2.76. The monoisotopic (exact) mass is 125 g/mol. The Morgan fingerprint density at radius 3 is 3.22 bits per heavy atom. The number of hydrogen-bond acceptors (Lipinski definition) is 1. The standard InChI is InChI=1S/C7H13N2/c1-2-6-4-8-5-7(6)9-3-1/h6-7,9H,1-5H2/t6-,7+/m0/s1. The summed E-state index contributed by atoms with van der Waals surface area (Å²) in [4.78, 5) is 0. The minimum absolute atomic E-state index is 0.749. The molecule has 51 valence electrons. The molecule has 0 bridgehead atoms. The summed E-state index contributed by atoms with van der Waals surface area (Å²) in [5, 5.41) is 7.85. The molecule has 1 N–H and O–H groups in total. The first-order valence-corrected chi connectivity index (χ1v) is 3.83. The van der Waals surface area contributed by atoms with Crippen LogP contribution in [0.5, 0.6) is 0 Å². The summed E-state index contributed by atoms with van der Waals surface area (Å²) >= 11 is 0. The molecular weight excluding hydrogens is 112 g/mol. The summed E-state index contributed by atoms with van der Waals surface area (Å²) < 4.78 is 0. The Morgan fingerprint density at radius 1 is 1.33 bits per heavy atom. The van der Waals surface area contributed by atoms with Crippen LogP contribution in [0.3, 0.4) is 0 Å². The maximum atomic E-state index is 4.37. The second-order valence-corrected chi connectivity index (χ2v) is 3.05. The number of piperidine rings is 1. The van der Waals surface area contributed by atoms with Crippen molar-refractivity contribution >= 4 is 0 Å². The zero-order chi connectivity index (χ0) is 6.10. The van der Waals surface area contributed by atoms with Crippen molar-refractivity contribution in [3.05, 3.63) is 0 Å². The first-order valence-electron chi connectivity index (χ1n) is 3.83. The normalized spacial score (nSPS) is 42.7. The van der Waals surface area contributed by atoms with Crippen molar-refractivity contribution in [3.63, 3.8) is 0 Å². The van der Waals surface area contributed by atoms with E-state index in [9.17, 15) is 0 Å². The second kappa shape index (κ2) is 2.27. The van der Waals surface area contributed by atoms with E-state index in [2.05, 4.69) is 10.6 Å². The van der Waals surface area contributed by atoms with E-state index in [1.54, 1.807) is 0 Å². The van der Waals surface area contributed by atoms with Gasteiger partial charge in [-0.2, -0.15) is 0 Å². The van der Waals surface area contributed by atoms with Gasteiger partial charge in [0.05, 0.1) is 0 Å². The lowest BCUT2D eigenvalue weighted by Gasteiger charge is -2.24. The highest BCUT2D eigenvalue weighted by atomic mass is 15.0. The topological polar surface area (TPSA) is 26.1 Å². The van der Waals surface area contributed by atoms with Crippen LogP contribution in [0.4, 0.5) is 0 Å². The van der Waals surface area contributed by atoms with Crippen molar-refractivity contribution in [2.24, 2.45) is 5.92 Å². The molecule has 0 saturated carbocycles. The molecule has 2 heteroatoms. The number of rotatable bonds is 0. The molecule has 2 aliphatic rings. The molecular formula is C7H13N2. The fraction of sp³-hybridized carbons (Fsp3) is 1.00. The molecule has 2 heterocycles. The second-order valence-electron chi connectivity index (χ2n) is 3.05. The molecule has 2 rings (SSSR count). The van der Waals surface area contributed by atoms with Crippen molar-refractivity contribution < 1.29 is 0 Å². The van der Waals surface area contributed by atoms with Crippen molar-refractivity contribution in [3.8, 4) is 0 Å². The van der Waals surface area contributed by atoms with Gasteiger partial charge in [-0.15, -0.1) is 0 Å². The van der Waals surface area contributed by atoms with E-state index in [0.717, 1.165) is 25.0 Å². The summed E-state index contributed by atoms with van der Waals surface area (Å²) in [6, 6.07) is 0.749. The summed E-state index contributed by atoms with van der Waals surface area (Å²) in [5.74, 6) is 0.888. The zero-order valence-electron chi connectivity index (χ0n) is 5.64. The zero-order valence-corrected chi connectivity index (χ0v) is 5.64. The van der Waals surface area contributed by atoms with Crippen LogP contribution in [0.1, 0.15) is 12.8 Å². The van der Waals surface area contributed by atoms with Crippen LogP contribution < -0.4 is 10.6 Å². The third kappa shape index (κ3) is 0.970. The SMILES string of the molecule is C1CN[C@@H]2C[N]C[C@@H]2C1. The van der Waals surface area contributed by atoms with Crippen molar-refractivity contribution in [1.29, 1.82) is 0 Å². The lowest BCUT2D eigenvalue weighted by molar-refractivity contribution is 0.339. The summed E-state index contributed by atoms with van der Waals surface area (Å²) in [7, 11) is 0. The number of fused-ring (bicyclic) bond motifs is 1. The highest BCUT2D eigenvalue weighted by Crippen LogP contribution is 2.19. The quantitative estimate of drug-likeness (QED) is 0.483. The number of nitrogens with zero attached hydrogens (tertiary/aromatic N) is 1. The maximum Gasteiger partial charge on any atom is 0.0290 e. The Hall–Kier alpha value is -0.0800. The number of hydrogen-bond donors (Lipinski definition) is 1. The predicted octanol–water partition coefficient (Wildman–Crippen LogP) is -0.0274. The molecule has 2 atom stereocenters. The highest BCUT2D eigenvalue weighted by Gasteiger charge is 2.29. The molecule has 9 heavy (non-hydrogen) atoms.